The highest BCUT2D eigenvalue weighted by atomic mass is 35.5. The van der Waals surface area contributed by atoms with E-state index in [9.17, 15) is 18.5 Å². The topological polar surface area (TPSA) is 111 Å². The van der Waals surface area contributed by atoms with Crippen molar-refractivity contribution in [2.75, 3.05) is 33.4 Å². The maximum atomic E-state index is 12.2. The van der Waals surface area contributed by atoms with E-state index in [2.05, 4.69) is 10.0 Å². The van der Waals surface area contributed by atoms with Crippen LogP contribution in [-0.2, 0) is 14.8 Å². The molecule has 22 heavy (non-hydrogen) atoms. The highest BCUT2D eigenvalue weighted by molar-refractivity contribution is 7.89. The molecule has 0 atom stereocenters. The van der Waals surface area contributed by atoms with Crippen molar-refractivity contribution in [1.29, 1.82) is 0 Å². The molecule has 0 saturated carbocycles. The molecule has 1 aromatic carbocycles. The van der Waals surface area contributed by atoms with Crippen molar-refractivity contribution in [2.45, 2.75) is 11.8 Å². The number of nitrogens with zero attached hydrogens (tertiary/aromatic N) is 1. The van der Waals surface area contributed by atoms with Gasteiger partial charge in [0.25, 0.3) is 5.69 Å². The summed E-state index contributed by atoms with van der Waals surface area (Å²) in [6.45, 7) is 3.19. The zero-order valence-corrected chi connectivity index (χ0v) is 14.0. The summed E-state index contributed by atoms with van der Waals surface area (Å²) in [7, 11) is -2.35. The highest BCUT2D eigenvalue weighted by Crippen LogP contribution is 2.26. The standard InChI is InChI=1S/C12H19N3O5S.ClH/c1-10-4-3-5-11(15(16)17)12(10)21(18,19)14-7-6-13-8-9-20-2;/h3-5,13-14H,6-9H2,1-2H3;1H. The molecule has 8 nitrogen and oxygen atoms in total. The van der Waals surface area contributed by atoms with Crippen LogP contribution in [0.3, 0.4) is 0 Å². The lowest BCUT2D eigenvalue weighted by molar-refractivity contribution is -0.387. The summed E-state index contributed by atoms with van der Waals surface area (Å²) in [5.41, 5.74) is -0.0844. The maximum absolute atomic E-state index is 12.2. The lowest BCUT2D eigenvalue weighted by atomic mass is 10.2. The third-order valence-corrected chi connectivity index (χ3v) is 4.39. The van der Waals surface area contributed by atoms with Crippen LogP contribution in [0.1, 0.15) is 5.56 Å². The molecule has 0 spiro atoms. The zero-order chi connectivity index (χ0) is 15.9. The molecule has 0 aliphatic carbocycles. The monoisotopic (exact) mass is 353 g/mol. The van der Waals surface area contributed by atoms with E-state index >= 15 is 0 Å². The average Bonchev–Trinajstić information content (AvgIpc) is 2.42. The molecule has 0 radical (unpaired) electrons. The first-order chi connectivity index (χ1) is 9.90. The van der Waals surface area contributed by atoms with Gasteiger partial charge in [-0.3, -0.25) is 10.1 Å². The molecule has 0 saturated heterocycles. The molecule has 0 aliphatic heterocycles. The van der Waals surface area contributed by atoms with Crippen molar-refractivity contribution < 1.29 is 18.1 Å². The minimum Gasteiger partial charge on any atom is -0.383 e. The van der Waals surface area contributed by atoms with Gasteiger partial charge in [-0.1, -0.05) is 12.1 Å². The number of ether oxygens (including phenoxy) is 1. The number of hydrogen-bond acceptors (Lipinski definition) is 6. The molecular formula is C12H20ClN3O5S. The molecule has 1 rings (SSSR count). The first-order valence-electron chi connectivity index (χ1n) is 6.33. The van der Waals surface area contributed by atoms with Crippen LogP contribution < -0.4 is 10.0 Å². The lowest BCUT2D eigenvalue weighted by Gasteiger charge is -2.10. The fraction of sp³-hybridized carbons (Fsp3) is 0.500. The fourth-order valence-electron chi connectivity index (χ4n) is 1.78. The SMILES string of the molecule is COCCNCCNS(=O)(=O)c1c(C)cccc1[N+](=O)[O-].Cl. The molecule has 2 N–H and O–H groups in total. The summed E-state index contributed by atoms with van der Waals surface area (Å²) in [5, 5.41) is 13.9. The van der Waals surface area contributed by atoms with Gasteiger partial charge in [0.1, 0.15) is 0 Å². The van der Waals surface area contributed by atoms with Gasteiger partial charge in [0.05, 0.1) is 11.5 Å². The van der Waals surface area contributed by atoms with Crippen LogP contribution in [0.25, 0.3) is 0 Å². The fourth-order valence-corrected chi connectivity index (χ4v) is 3.20. The van der Waals surface area contributed by atoms with E-state index in [4.69, 9.17) is 4.74 Å². The number of hydrogen-bond donors (Lipinski definition) is 2. The Balaban J connectivity index is 0.00000441. The van der Waals surface area contributed by atoms with E-state index < -0.39 is 20.6 Å². The van der Waals surface area contributed by atoms with E-state index in [-0.39, 0.29) is 23.8 Å². The maximum Gasteiger partial charge on any atom is 0.289 e. The van der Waals surface area contributed by atoms with Crippen molar-refractivity contribution in [3.63, 3.8) is 0 Å². The number of methoxy groups -OCH3 is 1. The number of aryl methyl sites for hydroxylation is 1. The number of nitrogens with one attached hydrogen (secondary N) is 2. The Kier molecular flexibility index (Phi) is 9.14. The number of sulfonamides is 1. The number of rotatable bonds is 9. The van der Waals surface area contributed by atoms with Crippen LogP contribution in [0.15, 0.2) is 23.1 Å². The summed E-state index contributed by atoms with van der Waals surface area (Å²) in [4.78, 5) is 9.97. The molecule has 0 aliphatic rings. The third-order valence-electron chi connectivity index (χ3n) is 2.73. The molecule has 0 aromatic heterocycles. The average molecular weight is 354 g/mol. The molecule has 126 valence electrons. The second kappa shape index (κ2) is 9.70. The second-order valence-corrected chi connectivity index (χ2v) is 6.02. The van der Waals surface area contributed by atoms with Crippen LogP contribution >= 0.6 is 12.4 Å². The highest BCUT2D eigenvalue weighted by Gasteiger charge is 2.27. The van der Waals surface area contributed by atoms with Crippen LogP contribution in [0.2, 0.25) is 0 Å². The Morgan fingerprint density at radius 3 is 2.55 bits per heavy atom. The summed E-state index contributed by atoms with van der Waals surface area (Å²) < 4.78 is 31.6. The van der Waals surface area contributed by atoms with E-state index in [0.29, 0.717) is 25.3 Å². The summed E-state index contributed by atoms with van der Waals surface area (Å²) in [5.74, 6) is 0. The Morgan fingerprint density at radius 2 is 1.95 bits per heavy atom. The molecule has 0 bridgehead atoms. The molecule has 0 unspecified atom stereocenters. The first kappa shape index (κ1) is 20.7. The van der Waals surface area contributed by atoms with Crippen molar-refractivity contribution in [2.24, 2.45) is 0 Å². The summed E-state index contributed by atoms with van der Waals surface area (Å²) in [6, 6.07) is 4.16. The van der Waals surface area contributed by atoms with Crippen molar-refractivity contribution in [3.05, 3.63) is 33.9 Å². The predicted octanol–water partition coefficient (Wildman–Crippen LogP) is 0.839. The van der Waals surface area contributed by atoms with Crippen molar-refractivity contribution >= 4 is 28.1 Å². The summed E-state index contributed by atoms with van der Waals surface area (Å²) >= 11 is 0. The number of benzene rings is 1. The van der Waals surface area contributed by atoms with E-state index in [1.807, 2.05) is 0 Å². The van der Waals surface area contributed by atoms with Crippen molar-refractivity contribution in [3.8, 4) is 0 Å². The first-order valence-corrected chi connectivity index (χ1v) is 7.82. The Bertz CT molecular complexity index is 594. The second-order valence-electron chi connectivity index (χ2n) is 4.32. The molecule has 10 heteroatoms. The Labute approximate surface area is 135 Å². The largest absolute Gasteiger partial charge is 0.383 e. The third kappa shape index (κ3) is 5.85. The van der Waals surface area contributed by atoms with Gasteiger partial charge in [-0.15, -0.1) is 12.4 Å². The van der Waals surface area contributed by atoms with Gasteiger partial charge in [0.15, 0.2) is 4.90 Å². The van der Waals surface area contributed by atoms with Gasteiger partial charge in [0, 0.05) is 32.8 Å². The number of nitro groups is 1. The van der Waals surface area contributed by atoms with Crippen molar-refractivity contribution in [1.82, 2.24) is 10.0 Å². The van der Waals surface area contributed by atoms with Gasteiger partial charge in [0.2, 0.25) is 10.0 Å². The molecule has 1 aromatic rings. The Morgan fingerprint density at radius 1 is 1.27 bits per heavy atom. The molecule has 0 heterocycles. The van der Waals surface area contributed by atoms with E-state index in [1.54, 1.807) is 7.11 Å². The van der Waals surface area contributed by atoms with Crippen LogP contribution in [0.4, 0.5) is 5.69 Å². The van der Waals surface area contributed by atoms with Gasteiger partial charge < -0.3 is 10.1 Å². The number of halogens is 1. The molecule has 0 amide bonds. The lowest BCUT2D eigenvalue weighted by Crippen LogP contribution is -2.33. The Hall–Kier alpha value is -1.26. The predicted molar refractivity (Wildman–Crippen MR) is 85.0 cm³/mol. The van der Waals surface area contributed by atoms with Crippen LogP contribution in [0, 0.1) is 17.0 Å². The van der Waals surface area contributed by atoms with E-state index in [0.717, 1.165) is 0 Å². The van der Waals surface area contributed by atoms with Gasteiger partial charge in [-0.05, 0) is 12.5 Å². The smallest absolute Gasteiger partial charge is 0.289 e. The normalized spacial score (nSPS) is 11.0. The quantitative estimate of drug-likeness (QED) is 0.386. The number of nitro benzene ring substituents is 1. The zero-order valence-electron chi connectivity index (χ0n) is 12.4. The summed E-state index contributed by atoms with van der Waals surface area (Å²) in [6.07, 6.45) is 0. The van der Waals surface area contributed by atoms with Gasteiger partial charge in [-0.2, -0.15) is 0 Å². The van der Waals surface area contributed by atoms with E-state index in [1.165, 1.54) is 25.1 Å². The van der Waals surface area contributed by atoms with Crippen LogP contribution in [-0.4, -0.2) is 46.7 Å². The minimum atomic E-state index is -3.92. The van der Waals surface area contributed by atoms with Crippen LogP contribution in [0.5, 0.6) is 0 Å². The minimum absolute atomic E-state index is 0. The molecule has 0 fully saturated rings. The molecular weight excluding hydrogens is 334 g/mol. The van der Waals surface area contributed by atoms with Gasteiger partial charge in [-0.25, -0.2) is 13.1 Å². The van der Waals surface area contributed by atoms with Gasteiger partial charge >= 0.3 is 0 Å².